The van der Waals surface area contributed by atoms with Crippen molar-refractivity contribution < 1.29 is 46.6 Å². The highest BCUT2D eigenvalue weighted by molar-refractivity contribution is 6.28. The first-order valence-electron chi connectivity index (χ1n) is 17.0. The van der Waals surface area contributed by atoms with Gasteiger partial charge in [-0.15, -0.1) is 0 Å². The zero-order valence-electron chi connectivity index (χ0n) is 31.0. The lowest BCUT2D eigenvalue weighted by Gasteiger charge is -2.30. The molecule has 0 saturated carbocycles. The normalized spacial score (nSPS) is 19.2. The second kappa shape index (κ2) is 14.5. The summed E-state index contributed by atoms with van der Waals surface area (Å²) in [6.45, 7) is 13.1. The molecule has 1 fully saturated rings. The van der Waals surface area contributed by atoms with Gasteiger partial charge in [-0.1, -0.05) is 19.9 Å². The minimum atomic E-state index is -1.32. The number of ether oxygens (including phenoxy) is 3. The number of imidazole rings is 1. The molecule has 0 amide bonds. The van der Waals surface area contributed by atoms with E-state index in [-0.39, 0.29) is 77.5 Å². The van der Waals surface area contributed by atoms with Crippen LogP contribution in [-0.4, -0.2) is 54.5 Å². The number of rotatable bonds is 11. The predicted octanol–water partition coefficient (Wildman–Crippen LogP) is 4.24. The summed E-state index contributed by atoms with van der Waals surface area (Å²) in [6.07, 6.45) is -0.402. The van der Waals surface area contributed by atoms with Crippen molar-refractivity contribution in [2.75, 3.05) is 6.61 Å². The predicted molar refractivity (Wildman–Crippen MR) is 188 cm³/mol. The molecule has 288 valence electrons. The fourth-order valence-corrected chi connectivity index (χ4v) is 6.98. The van der Waals surface area contributed by atoms with E-state index in [1.165, 1.54) is 17.8 Å². The van der Waals surface area contributed by atoms with Crippen molar-refractivity contribution in [3.63, 3.8) is 0 Å². The van der Waals surface area contributed by atoms with Crippen LogP contribution in [0.5, 0.6) is 5.75 Å². The molecule has 4 aromatic heterocycles. The van der Waals surface area contributed by atoms with Gasteiger partial charge in [0.2, 0.25) is 5.28 Å². The number of aliphatic hydroxyl groups excluding tert-OH is 1. The average Bonchev–Trinajstić information content (AvgIpc) is 3.79. The van der Waals surface area contributed by atoms with E-state index in [2.05, 4.69) is 15.0 Å². The number of aromatic nitrogens is 4. The van der Waals surface area contributed by atoms with Crippen LogP contribution < -0.4 is 21.9 Å². The maximum Gasteiger partial charge on any atom is 0.519 e. The van der Waals surface area contributed by atoms with Crippen molar-refractivity contribution in [1.82, 2.24) is 19.1 Å². The molecule has 0 bridgehead atoms. The van der Waals surface area contributed by atoms with Crippen LogP contribution in [0.1, 0.15) is 86.5 Å². The van der Waals surface area contributed by atoms with Crippen molar-refractivity contribution in [3.05, 3.63) is 90.2 Å². The van der Waals surface area contributed by atoms with E-state index in [1.54, 1.807) is 31.4 Å². The van der Waals surface area contributed by atoms with Gasteiger partial charge in [-0.3, -0.25) is 23.7 Å². The highest BCUT2D eigenvalue weighted by Gasteiger charge is 2.47. The van der Waals surface area contributed by atoms with Gasteiger partial charge in [-0.2, -0.15) is 4.98 Å². The number of benzene rings is 1. The molecule has 0 spiro atoms. The van der Waals surface area contributed by atoms with E-state index in [4.69, 9.17) is 43.5 Å². The molecule has 1 aliphatic rings. The lowest BCUT2D eigenvalue weighted by atomic mass is 9.78. The number of aryl methyl sites for hydroxylation is 4. The molecule has 17 nitrogen and oxygen atoms in total. The van der Waals surface area contributed by atoms with E-state index in [0.717, 1.165) is 11.1 Å². The quantitative estimate of drug-likeness (QED) is 0.113. The SMILES string of the molecule is CC(=O)Oc1cc(C)cc(C)c1C(C)(C)CC(=O)OC[C@@]1(C)O[C@@H](n2cnc3/c(=N/Cc4oc(=O)oc4C)n(Cc4oc(=O)oc4C)c(Cl)nc32)C[C@@H]1O. The third-order valence-corrected chi connectivity index (χ3v) is 9.62. The minimum absolute atomic E-state index is 0.0505. The molecule has 0 aliphatic carbocycles. The number of carbonyl (C=O) groups is 2. The van der Waals surface area contributed by atoms with Crippen molar-refractivity contribution in [3.8, 4) is 5.75 Å². The number of fused-ring (bicyclic) bond motifs is 1. The molecule has 6 rings (SSSR count). The molecule has 18 heteroatoms. The van der Waals surface area contributed by atoms with Crippen molar-refractivity contribution in [2.45, 2.75) is 105 Å². The topological polar surface area (TPSA) is 217 Å². The summed E-state index contributed by atoms with van der Waals surface area (Å²) in [4.78, 5) is 62.3. The number of hydrogen-bond donors (Lipinski definition) is 1. The van der Waals surface area contributed by atoms with E-state index in [1.807, 2.05) is 33.8 Å². The second-order valence-corrected chi connectivity index (χ2v) is 14.5. The summed E-state index contributed by atoms with van der Waals surface area (Å²) >= 11 is 6.72. The van der Waals surface area contributed by atoms with Crippen LogP contribution >= 0.6 is 11.6 Å². The van der Waals surface area contributed by atoms with Crippen LogP contribution in [0.2, 0.25) is 5.28 Å². The molecule has 1 aromatic carbocycles. The Morgan fingerprint density at radius 3 is 2.37 bits per heavy atom. The summed E-state index contributed by atoms with van der Waals surface area (Å²) in [7, 11) is 0. The van der Waals surface area contributed by atoms with Gasteiger partial charge in [0, 0.05) is 24.3 Å². The molecular weight excluding hydrogens is 730 g/mol. The summed E-state index contributed by atoms with van der Waals surface area (Å²) in [5.74, 6) is -1.59. The van der Waals surface area contributed by atoms with Crippen LogP contribution in [0.3, 0.4) is 0 Å². The second-order valence-electron chi connectivity index (χ2n) is 14.2. The van der Waals surface area contributed by atoms with Gasteiger partial charge >= 0.3 is 23.6 Å². The number of nitrogens with zero attached hydrogens (tertiary/aromatic N) is 5. The van der Waals surface area contributed by atoms with Gasteiger partial charge in [0.1, 0.15) is 42.3 Å². The lowest BCUT2D eigenvalue weighted by molar-refractivity contribution is -0.163. The summed E-state index contributed by atoms with van der Waals surface area (Å²) in [5, 5.41) is 11.1. The minimum Gasteiger partial charge on any atom is -0.462 e. The summed E-state index contributed by atoms with van der Waals surface area (Å²) in [6, 6.07) is 3.72. The molecule has 3 atom stereocenters. The summed E-state index contributed by atoms with van der Waals surface area (Å²) in [5.41, 5.74) is 1.07. The molecule has 0 unspecified atom stereocenters. The van der Waals surface area contributed by atoms with E-state index < -0.39 is 46.9 Å². The van der Waals surface area contributed by atoms with Crippen molar-refractivity contribution >= 4 is 34.7 Å². The number of esters is 2. The first-order chi connectivity index (χ1) is 25.3. The molecule has 5 heterocycles. The fourth-order valence-electron chi connectivity index (χ4n) is 6.76. The van der Waals surface area contributed by atoms with Crippen molar-refractivity contribution in [1.29, 1.82) is 0 Å². The Hall–Kier alpha value is -5.26. The molecule has 1 N–H and O–H groups in total. The zero-order valence-corrected chi connectivity index (χ0v) is 31.7. The number of carbonyl (C=O) groups excluding carboxylic acids is 2. The van der Waals surface area contributed by atoms with Gasteiger partial charge in [-0.25, -0.2) is 14.6 Å². The van der Waals surface area contributed by atoms with Crippen LogP contribution in [0.25, 0.3) is 11.2 Å². The third-order valence-electron chi connectivity index (χ3n) is 9.33. The molecule has 5 aromatic rings. The first-order valence-corrected chi connectivity index (χ1v) is 17.4. The third kappa shape index (κ3) is 7.69. The Balaban J connectivity index is 1.25. The molecule has 0 radical (unpaired) electrons. The average molecular weight is 770 g/mol. The zero-order chi connectivity index (χ0) is 39.3. The number of hydrogen-bond acceptors (Lipinski definition) is 15. The van der Waals surface area contributed by atoms with Gasteiger partial charge in [0.05, 0.1) is 25.4 Å². The first kappa shape index (κ1) is 38.5. The largest absolute Gasteiger partial charge is 0.519 e. The Morgan fingerprint density at radius 1 is 1.07 bits per heavy atom. The summed E-state index contributed by atoms with van der Waals surface area (Å²) < 4.78 is 40.9. The maximum absolute atomic E-state index is 13.3. The standard InChI is InChI=1S/C36H40ClN5O12/c1-17-9-18(2)28(22(10-17)51-21(5)43)35(6,7)12-27(45)48-15-36(8)25(44)11-26(54-36)42-16-39-29-30(38-13-23-19(3)49-33(46)52-23)41(32(37)40-31(29)42)14-24-20(4)50-34(47)53-24/h9-10,16,25-26,44H,11-15H2,1-8H3/b38-30-/t25-,26+,36+/m0/s1. The Labute approximate surface area is 312 Å². The van der Waals surface area contributed by atoms with E-state index in [0.29, 0.717) is 11.3 Å². The molecule has 1 saturated heterocycles. The Bertz CT molecular complexity index is 2450. The lowest BCUT2D eigenvalue weighted by Crippen LogP contribution is -2.42. The molecule has 54 heavy (non-hydrogen) atoms. The maximum atomic E-state index is 13.3. The smallest absolute Gasteiger partial charge is 0.462 e. The van der Waals surface area contributed by atoms with Gasteiger partial charge in [-0.05, 0) is 63.4 Å². The van der Waals surface area contributed by atoms with E-state index >= 15 is 0 Å². The van der Waals surface area contributed by atoms with E-state index in [9.17, 15) is 24.3 Å². The Kier molecular flexibility index (Phi) is 10.3. The van der Waals surface area contributed by atoms with Gasteiger partial charge < -0.3 is 37.0 Å². The monoisotopic (exact) mass is 769 g/mol. The van der Waals surface area contributed by atoms with Crippen LogP contribution in [0.4, 0.5) is 0 Å². The highest BCUT2D eigenvalue weighted by atomic mass is 35.5. The van der Waals surface area contributed by atoms with Crippen LogP contribution in [0.15, 0.2) is 50.7 Å². The van der Waals surface area contributed by atoms with Crippen LogP contribution in [-0.2, 0) is 37.6 Å². The van der Waals surface area contributed by atoms with Gasteiger partial charge in [0.25, 0.3) is 0 Å². The Morgan fingerprint density at radius 2 is 1.74 bits per heavy atom. The highest BCUT2D eigenvalue weighted by Crippen LogP contribution is 2.40. The van der Waals surface area contributed by atoms with Crippen LogP contribution in [0, 0.1) is 27.7 Å². The van der Waals surface area contributed by atoms with Crippen molar-refractivity contribution in [2.24, 2.45) is 4.99 Å². The van der Waals surface area contributed by atoms with Gasteiger partial charge in [0.15, 0.2) is 28.2 Å². The number of halogens is 1. The number of aliphatic hydroxyl groups is 1. The fraction of sp³-hybridized carbons (Fsp3) is 0.472. The molecule has 1 aliphatic heterocycles. The molecular formula is C36H40ClN5O12.